The van der Waals surface area contributed by atoms with Crippen LogP contribution in [-0.4, -0.2) is 6.85 Å². The van der Waals surface area contributed by atoms with E-state index in [4.69, 9.17) is 0 Å². The van der Waals surface area contributed by atoms with Crippen molar-refractivity contribution in [3.8, 4) is 33.4 Å². The van der Waals surface area contributed by atoms with Gasteiger partial charge in [0.15, 0.2) is 0 Å². The quantitative estimate of drug-likeness (QED) is 0.174. The minimum Gasteiger partial charge on any atom is -0.376 e. The SMILES string of the molecule is CC1(C)c2ccccc2N2c3cc(-c4ccccc4)cc4c3B(c3cccc1c32)N(c1ccc(-c2ccccc2)cc1)c1cc2ccccc2cc1-4. The average Bonchev–Trinajstić information content (AvgIpc) is 3.20. The van der Waals surface area contributed by atoms with Gasteiger partial charge in [-0.2, -0.15) is 0 Å². The van der Waals surface area contributed by atoms with E-state index in [2.05, 4.69) is 199 Å². The second-order valence-corrected chi connectivity index (χ2v) is 14.9. The molecule has 0 aliphatic carbocycles. The summed E-state index contributed by atoms with van der Waals surface area (Å²) >= 11 is 0. The molecule has 0 saturated carbocycles. The van der Waals surface area contributed by atoms with E-state index in [-0.39, 0.29) is 12.3 Å². The molecule has 3 aliphatic rings. The van der Waals surface area contributed by atoms with Crippen molar-refractivity contribution in [2.75, 3.05) is 9.71 Å². The van der Waals surface area contributed by atoms with Crippen molar-refractivity contribution in [1.82, 2.24) is 0 Å². The molecule has 52 heavy (non-hydrogen) atoms. The number of anilines is 5. The topological polar surface area (TPSA) is 6.48 Å². The second-order valence-electron chi connectivity index (χ2n) is 14.9. The molecule has 0 saturated heterocycles. The van der Waals surface area contributed by atoms with E-state index < -0.39 is 0 Å². The van der Waals surface area contributed by atoms with Gasteiger partial charge in [-0.15, -0.1) is 0 Å². The van der Waals surface area contributed by atoms with E-state index in [1.165, 1.54) is 94.6 Å². The van der Waals surface area contributed by atoms with Crippen molar-refractivity contribution in [3.05, 3.63) is 187 Å². The van der Waals surface area contributed by atoms with Gasteiger partial charge in [0.2, 0.25) is 0 Å². The Morgan fingerprint density at radius 2 is 1.06 bits per heavy atom. The fraction of sp³-hybridized carbons (Fsp3) is 0.0612. The molecule has 8 aromatic rings. The Kier molecular flexibility index (Phi) is 6.13. The maximum atomic E-state index is 2.63. The molecule has 3 heterocycles. The molecule has 3 aliphatic heterocycles. The molecular weight excluding hydrogens is 627 g/mol. The van der Waals surface area contributed by atoms with Gasteiger partial charge in [-0.3, -0.25) is 0 Å². The summed E-state index contributed by atoms with van der Waals surface area (Å²) in [6.45, 7) is 4.75. The third kappa shape index (κ3) is 4.08. The van der Waals surface area contributed by atoms with Crippen LogP contribution in [0.4, 0.5) is 28.4 Å². The van der Waals surface area contributed by atoms with Gasteiger partial charge in [0.1, 0.15) is 0 Å². The van der Waals surface area contributed by atoms with E-state index >= 15 is 0 Å². The Bertz CT molecular complexity index is 2720. The molecule has 11 rings (SSSR count). The van der Waals surface area contributed by atoms with E-state index in [9.17, 15) is 0 Å². The van der Waals surface area contributed by atoms with Crippen LogP contribution >= 0.6 is 0 Å². The van der Waals surface area contributed by atoms with Gasteiger partial charge >= 0.3 is 6.85 Å². The highest BCUT2D eigenvalue weighted by molar-refractivity contribution is 6.93. The van der Waals surface area contributed by atoms with Crippen LogP contribution in [0, 0.1) is 0 Å². The van der Waals surface area contributed by atoms with Crippen molar-refractivity contribution in [1.29, 1.82) is 0 Å². The van der Waals surface area contributed by atoms with E-state index in [0.717, 1.165) is 0 Å². The number of nitrogens with zero attached hydrogens (tertiary/aromatic N) is 2. The molecular formula is C49H35BN2. The summed E-state index contributed by atoms with van der Waals surface area (Å²) in [5.74, 6) is 0. The summed E-state index contributed by atoms with van der Waals surface area (Å²) in [5, 5.41) is 2.50. The predicted molar refractivity (Wildman–Crippen MR) is 221 cm³/mol. The van der Waals surface area contributed by atoms with Crippen LogP contribution in [0.1, 0.15) is 25.0 Å². The van der Waals surface area contributed by atoms with E-state index in [1.807, 2.05) is 0 Å². The highest BCUT2D eigenvalue weighted by Crippen LogP contribution is 2.55. The van der Waals surface area contributed by atoms with Crippen LogP contribution in [0.5, 0.6) is 0 Å². The largest absolute Gasteiger partial charge is 0.376 e. The monoisotopic (exact) mass is 662 g/mol. The third-order valence-electron chi connectivity index (χ3n) is 11.8. The second kappa shape index (κ2) is 10.8. The van der Waals surface area contributed by atoms with Gasteiger partial charge in [0.05, 0.1) is 5.69 Å². The Hall–Kier alpha value is -6.32. The molecule has 2 nitrogen and oxygen atoms in total. The lowest BCUT2D eigenvalue weighted by Crippen LogP contribution is -2.62. The number of para-hydroxylation sites is 2. The molecule has 8 aromatic carbocycles. The molecule has 0 amide bonds. The van der Waals surface area contributed by atoms with Gasteiger partial charge in [-0.1, -0.05) is 147 Å². The lowest BCUT2D eigenvalue weighted by atomic mass is 9.42. The molecule has 0 spiro atoms. The summed E-state index contributed by atoms with van der Waals surface area (Å²) in [6.07, 6.45) is 0. The number of fused-ring (bicyclic) bond motifs is 7. The highest BCUT2D eigenvalue weighted by atomic mass is 15.2. The molecule has 244 valence electrons. The minimum atomic E-state index is -0.166. The van der Waals surface area contributed by atoms with Crippen LogP contribution < -0.4 is 20.6 Å². The van der Waals surface area contributed by atoms with Crippen molar-refractivity contribution in [3.63, 3.8) is 0 Å². The van der Waals surface area contributed by atoms with Crippen molar-refractivity contribution in [2.24, 2.45) is 0 Å². The molecule has 0 radical (unpaired) electrons. The zero-order chi connectivity index (χ0) is 34.6. The van der Waals surface area contributed by atoms with Gasteiger partial charge in [-0.05, 0) is 103 Å². The average molecular weight is 663 g/mol. The molecule has 0 N–H and O–H groups in total. The summed E-state index contributed by atoms with van der Waals surface area (Å²) in [7, 11) is 0. The summed E-state index contributed by atoms with van der Waals surface area (Å²) < 4.78 is 0. The maximum absolute atomic E-state index is 2.63. The summed E-state index contributed by atoms with van der Waals surface area (Å²) in [4.78, 5) is 5.22. The van der Waals surface area contributed by atoms with E-state index in [0.29, 0.717) is 0 Å². The van der Waals surface area contributed by atoms with Gasteiger partial charge in [0.25, 0.3) is 0 Å². The molecule has 0 aromatic heterocycles. The number of benzene rings is 8. The van der Waals surface area contributed by atoms with Crippen molar-refractivity contribution >= 4 is 57.0 Å². The maximum Gasteiger partial charge on any atom is 0.333 e. The van der Waals surface area contributed by atoms with Crippen LogP contribution in [0.2, 0.25) is 0 Å². The summed E-state index contributed by atoms with van der Waals surface area (Å²) in [5.41, 5.74) is 19.0. The Balaban J connectivity index is 1.26. The molecule has 0 bridgehead atoms. The fourth-order valence-corrected chi connectivity index (χ4v) is 9.32. The standard InChI is InChI=1S/C49H35BN2/c1-49(2)41-20-11-12-23-44(41)51-46-31-37(33-16-7-4-8-17-33)29-40-39-28-35-18-9-10-19-36(35)30-45(39)52(50(47(40)46)43-22-13-21-42(49)48(43)51)38-26-24-34(25-27-38)32-14-5-3-6-15-32/h3-31H,1-2H3. The first-order valence-corrected chi connectivity index (χ1v) is 18.3. The zero-order valence-corrected chi connectivity index (χ0v) is 29.2. The lowest BCUT2D eigenvalue weighted by Gasteiger charge is -2.50. The Morgan fingerprint density at radius 1 is 0.442 bits per heavy atom. The van der Waals surface area contributed by atoms with Crippen molar-refractivity contribution in [2.45, 2.75) is 19.3 Å². The minimum absolute atomic E-state index is 0.0293. The van der Waals surface area contributed by atoms with Gasteiger partial charge < -0.3 is 9.71 Å². The predicted octanol–water partition coefficient (Wildman–Crippen LogP) is 11.5. The first-order chi connectivity index (χ1) is 25.6. The first kappa shape index (κ1) is 29.4. The molecule has 0 unspecified atom stereocenters. The zero-order valence-electron chi connectivity index (χ0n) is 29.2. The van der Waals surface area contributed by atoms with Crippen LogP contribution in [0.3, 0.4) is 0 Å². The lowest BCUT2D eigenvalue weighted by molar-refractivity contribution is 0.632. The van der Waals surface area contributed by atoms with Crippen molar-refractivity contribution < 1.29 is 0 Å². The Morgan fingerprint density at radius 3 is 1.81 bits per heavy atom. The molecule has 0 fully saturated rings. The molecule has 0 atom stereocenters. The molecule has 3 heteroatoms. The number of rotatable bonds is 3. The first-order valence-electron chi connectivity index (χ1n) is 18.3. The number of hydrogen-bond donors (Lipinski definition) is 0. The van der Waals surface area contributed by atoms with Crippen LogP contribution in [0.25, 0.3) is 44.2 Å². The normalized spacial score (nSPS) is 14.4. The van der Waals surface area contributed by atoms with Crippen LogP contribution in [-0.2, 0) is 5.41 Å². The fourth-order valence-electron chi connectivity index (χ4n) is 9.32. The third-order valence-corrected chi connectivity index (χ3v) is 11.8. The Labute approximate surface area is 305 Å². The van der Waals surface area contributed by atoms with Crippen LogP contribution in [0.15, 0.2) is 176 Å². The van der Waals surface area contributed by atoms with E-state index in [1.54, 1.807) is 0 Å². The highest BCUT2D eigenvalue weighted by Gasteiger charge is 2.49. The number of hydrogen-bond acceptors (Lipinski definition) is 2. The smallest absolute Gasteiger partial charge is 0.333 e. The van der Waals surface area contributed by atoms with Gasteiger partial charge in [-0.25, -0.2) is 0 Å². The van der Waals surface area contributed by atoms with Gasteiger partial charge in [0, 0.05) is 33.7 Å². The summed E-state index contributed by atoms with van der Waals surface area (Å²) in [6, 6.07) is 65.5.